The quantitative estimate of drug-likeness (QED) is 0.755. The van der Waals surface area contributed by atoms with Crippen LogP contribution in [0.25, 0.3) is 0 Å². The molecule has 1 saturated heterocycles. The molecule has 0 spiro atoms. The van der Waals surface area contributed by atoms with Crippen LogP contribution < -0.4 is 0 Å². The van der Waals surface area contributed by atoms with Gasteiger partial charge in [-0.05, 0) is 36.2 Å². The van der Waals surface area contributed by atoms with Gasteiger partial charge in [-0.15, -0.1) is 0 Å². The Bertz CT molecular complexity index is 626. The third-order valence-electron chi connectivity index (χ3n) is 4.42. The molecule has 1 atom stereocenters. The average molecular weight is 320 g/mol. The van der Waals surface area contributed by atoms with E-state index in [4.69, 9.17) is 23.2 Å². The summed E-state index contributed by atoms with van der Waals surface area (Å²) in [6.45, 7) is 5.50. The van der Waals surface area contributed by atoms with E-state index in [2.05, 4.69) is 48.2 Å². The van der Waals surface area contributed by atoms with Crippen molar-refractivity contribution in [1.82, 2.24) is 4.90 Å². The number of benzene rings is 2. The predicted octanol–water partition coefficient (Wildman–Crippen LogP) is 5.16. The van der Waals surface area contributed by atoms with Crippen LogP contribution in [0.5, 0.6) is 0 Å². The SMILES string of the molecule is C[C@]1(c2ccc(Cl)c(Cl)c2)CCN(Cc2ccccc2)C1. The van der Waals surface area contributed by atoms with Crippen LogP contribution in [-0.4, -0.2) is 18.0 Å². The molecule has 1 nitrogen and oxygen atoms in total. The van der Waals surface area contributed by atoms with Gasteiger partial charge in [-0.1, -0.05) is 66.5 Å². The molecule has 1 aliphatic heterocycles. The Balaban J connectivity index is 1.74. The first kappa shape index (κ1) is 14.9. The van der Waals surface area contributed by atoms with Gasteiger partial charge in [0.1, 0.15) is 0 Å². The molecule has 110 valence electrons. The molecule has 1 aliphatic rings. The molecular formula is C18H19Cl2N. The van der Waals surface area contributed by atoms with Gasteiger partial charge in [-0.3, -0.25) is 4.90 Å². The van der Waals surface area contributed by atoms with Crippen molar-refractivity contribution >= 4 is 23.2 Å². The summed E-state index contributed by atoms with van der Waals surface area (Å²) in [5, 5.41) is 1.28. The normalized spacial score (nSPS) is 22.6. The summed E-state index contributed by atoms with van der Waals surface area (Å²) >= 11 is 12.2. The number of nitrogens with zero attached hydrogens (tertiary/aromatic N) is 1. The van der Waals surface area contributed by atoms with Gasteiger partial charge in [-0.25, -0.2) is 0 Å². The molecule has 0 unspecified atom stereocenters. The third kappa shape index (κ3) is 3.26. The van der Waals surface area contributed by atoms with E-state index in [9.17, 15) is 0 Å². The molecule has 3 rings (SSSR count). The van der Waals surface area contributed by atoms with Gasteiger partial charge in [-0.2, -0.15) is 0 Å². The molecule has 0 amide bonds. The summed E-state index contributed by atoms with van der Waals surface area (Å²) in [7, 11) is 0. The van der Waals surface area contributed by atoms with Crippen LogP contribution in [0.2, 0.25) is 10.0 Å². The minimum Gasteiger partial charge on any atom is -0.298 e. The highest BCUT2D eigenvalue weighted by molar-refractivity contribution is 6.42. The Hall–Kier alpha value is -1.02. The van der Waals surface area contributed by atoms with Crippen molar-refractivity contribution in [3.8, 4) is 0 Å². The van der Waals surface area contributed by atoms with Gasteiger partial charge in [0.05, 0.1) is 10.0 Å². The van der Waals surface area contributed by atoms with Crippen molar-refractivity contribution in [1.29, 1.82) is 0 Å². The summed E-state index contributed by atoms with van der Waals surface area (Å²) in [5.41, 5.74) is 2.81. The lowest BCUT2D eigenvalue weighted by molar-refractivity contribution is 0.309. The van der Waals surface area contributed by atoms with Crippen molar-refractivity contribution in [2.45, 2.75) is 25.3 Å². The van der Waals surface area contributed by atoms with Gasteiger partial charge >= 0.3 is 0 Å². The van der Waals surface area contributed by atoms with E-state index in [1.54, 1.807) is 0 Å². The predicted molar refractivity (Wildman–Crippen MR) is 90.2 cm³/mol. The molecule has 0 saturated carbocycles. The minimum absolute atomic E-state index is 0.156. The van der Waals surface area contributed by atoms with Crippen LogP contribution in [0.15, 0.2) is 48.5 Å². The number of halogens is 2. The maximum atomic E-state index is 6.17. The van der Waals surface area contributed by atoms with Crippen LogP contribution in [0, 0.1) is 0 Å². The number of likely N-dealkylation sites (tertiary alicyclic amines) is 1. The zero-order chi connectivity index (χ0) is 14.9. The summed E-state index contributed by atoms with van der Waals surface area (Å²) < 4.78 is 0. The fraction of sp³-hybridized carbons (Fsp3) is 0.333. The van der Waals surface area contributed by atoms with Crippen LogP contribution in [-0.2, 0) is 12.0 Å². The highest BCUT2D eigenvalue weighted by atomic mass is 35.5. The Morgan fingerprint density at radius 1 is 1.05 bits per heavy atom. The maximum Gasteiger partial charge on any atom is 0.0595 e. The molecule has 1 heterocycles. The first-order valence-corrected chi connectivity index (χ1v) is 8.04. The molecule has 0 N–H and O–H groups in total. The van der Waals surface area contributed by atoms with Crippen molar-refractivity contribution in [2.75, 3.05) is 13.1 Å². The largest absolute Gasteiger partial charge is 0.298 e. The second kappa shape index (κ2) is 6.00. The molecule has 2 aromatic rings. The van der Waals surface area contributed by atoms with Gasteiger partial charge < -0.3 is 0 Å². The smallest absolute Gasteiger partial charge is 0.0595 e. The minimum atomic E-state index is 0.156. The Morgan fingerprint density at radius 2 is 1.81 bits per heavy atom. The van der Waals surface area contributed by atoms with Gasteiger partial charge in [0.15, 0.2) is 0 Å². The molecule has 3 heteroatoms. The first-order valence-electron chi connectivity index (χ1n) is 7.29. The van der Waals surface area contributed by atoms with E-state index in [1.165, 1.54) is 11.1 Å². The topological polar surface area (TPSA) is 3.24 Å². The van der Waals surface area contributed by atoms with Gasteiger partial charge in [0.2, 0.25) is 0 Å². The number of hydrogen-bond acceptors (Lipinski definition) is 1. The zero-order valence-corrected chi connectivity index (χ0v) is 13.7. The Morgan fingerprint density at radius 3 is 2.52 bits per heavy atom. The second-order valence-corrected chi connectivity index (χ2v) is 6.95. The van der Waals surface area contributed by atoms with Crippen LogP contribution in [0.4, 0.5) is 0 Å². The van der Waals surface area contributed by atoms with E-state index in [-0.39, 0.29) is 5.41 Å². The van der Waals surface area contributed by atoms with Crippen molar-refractivity contribution in [2.24, 2.45) is 0 Å². The zero-order valence-electron chi connectivity index (χ0n) is 12.2. The lowest BCUT2D eigenvalue weighted by Crippen LogP contribution is -2.28. The fourth-order valence-electron chi connectivity index (χ4n) is 3.14. The summed E-state index contributed by atoms with van der Waals surface area (Å²) in [4.78, 5) is 2.51. The maximum absolute atomic E-state index is 6.17. The monoisotopic (exact) mass is 319 g/mol. The van der Waals surface area contributed by atoms with E-state index in [1.807, 2.05) is 12.1 Å². The fourth-order valence-corrected chi connectivity index (χ4v) is 3.44. The highest BCUT2D eigenvalue weighted by Gasteiger charge is 2.35. The van der Waals surface area contributed by atoms with E-state index >= 15 is 0 Å². The van der Waals surface area contributed by atoms with Crippen LogP contribution >= 0.6 is 23.2 Å². The summed E-state index contributed by atoms with van der Waals surface area (Å²) in [5.74, 6) is 0. The number of rotatable bonds is 3. The lowest BCUT2D eigenvalue weighted by atomic mass is 9.82. The third-order valence-corrected chi connectivity index (χ3v) is 5.16. The standard InChI is InChI=1S/C18H19Cl2N/c1-18(15-7-8-16(19)17(20)11-15)9-10-21(13-18)12-14-5-3-2-4-6-14/h2-8,11H,9-10,12-13H2,1H3/t18-/m0/s1. The lowest BCUT2D eigenvalue weighted by Gasteiger charge is -2.26. The molecule has 0 bridgehead atoms. The van der Waals surface area contributed by atoms with E-state index in [0.717, 1.165) is 26.1 Å². The van der Waals surface area contributed by atoms with E-state index < -0.39 is 0 Å². The summed E-state index contributed by atoms with van der Waals surface area (Å²) in [6, 6.07) is 16.7. The Kier molecular flexibility index (Phi) is 4.26. The first-order chi connectivity index (χ1) is 10.1. The van der Waals surface area contributed by atoms with Crippen molar-refractivity contribution < 1.29 is 0 Å². The van der Waals surface area contributed by atoms with Crippen molar-refractivity contribution in [3.63, 3.8) is 0 Å². The summed E-state index contributed by atoms with van der Waals surface area (Å²) in [6.07, 6.45) is 1.15. The van der Waals surface area contributed by atoms with Gasteiger partial charge in [0.25, 0.3) is 0 Å². The van der Waals surface area contributed by atoms with Gasteiger partial charge in [0, 0.05) is 18.5 Å². The molecule has 2 aromatic carbocycles. The van der Waals surface area contributed by atoms with Crippen molar-refractivity contribution in [3.05, 3.63) is 69.7 Å². The molecule has 1 fully saturated rings. The second-order valence-electron chi connectivity index (χ2n) is 6.14. The van der Waals surface area contributed by atoms with E-state index in [0.29, 0.717) is 10.0 Å². The molecule has 0 aromatic heterocycles. The molecule has 0 aliphatic carbocycles. The Labute approximate surface area is 136 Å². The molecule has 0 radical (unpaired) electrons. The number of hydrogen-bond donors (Lipinski definition) is 0. The average Bonchev–Trinajstić information content (AvgIpc) is 2.85. The van der Waals surface area contributed by atoms with Crippen LogP contribution in [0.3, 0.4) is 0 Å². The molecule has 21 heavy (non-hydrogen) atoms. The highest BCUT2D eigenvalue weighted by Crippen LogP contribution is 2.37. The van der Waals surface area contributed by atoms with Crippen LogP contribution in [0.1, 0.15) is 24.5 Å². The molecular weight excluding hydrogens is 301 g/mol.